The summed E-state index contributed by atoms with van der Waals surface area (Å²) in [5, 5.41) is 18.0. The van der Waals surface area contributed by atoms with E-state index >= 15 is 0 Å². The predicted octanol–water partition coefficient (Wildman–Crippen LogP) is -0.319. The molecule has 0 aliphatic carbocycles. The predicted molar refractivity (Wildman–Crippen MR) is 40.9 cm³/mol. The largest absolute Gasteiger partial charge is 0.393 e. The molecule has 0 rings (SSSR count). The van der Waals surface area contributed by atoms with Crippen LogP contribution in [-0.2, 0) is 0 Å². The van der Waals surface area contributed by atoms with Crippen molar-refractivity contribution < 1.29 is 10.2 Å². The van der Waals surface area contributed by atoms with Gasteiger partial charge in [-0.05, 0) is 20.5 Å². The van der Waals surface area contributed by atoms with Crippen LogP contribution in [0.3, 0.4) is 0 Å². The zero-order chi connectivity index (χ0) is 8.20. The Labute approximate surface area is 62.3 Å². The minimum Gasteiger partial charge on any atom is -0.393 e. The molecule has 3 heteroatoms. The third-order valence-electron chi connectivity index (χ3n) is 1.49. The van der Waals surface area contributed by atoms with Gasteiger partial charge in [-0.15, -0.1) is 0 Å². The van der Waals surface area contributed by atoms with Gasteiger partial charge in [-0.25, -0.2) is 0 Å². The fraction of sp³-hybridized carbons (Fsp3) is 1.00. The van der Waals surface area contributed by atoms with Crippen LogP contribution in [-0.4, -0.2) is 47.5 Å². The van der Waals surface area contributed by atoms with Crippen molar-refractivity contribution in [1.29, 1.82) is 0 Å². The summed E-state index contributed by atoms with van der Waals surface area (Å²) in [6.45, 7) is 4.85. The summed E-state index contributed by atoms with van der Waals surface area (Å²) in [6, 6.07) is 0. The first kappa shape index (κ1) is 9.88. The highest BCUT2D eigenvalue weighted by Crippen LogP contribution is 2.02. The standard InChI is InChI=1S/C7H17NO2/c1-4-8(3)5-7(2,10)6-9/h9-10H,4-6H2,1-3H3. The van der Waals surface area contributed by atoms with Crippen LogP contribution in [0.5, 0.6) is 0 Å². The molecule has 0 heterocycles. The van der Waals surface area contributed by atoms with E-state index in [0.29, 0.717) is 6.54 Å². The molecule has 1 atom stereocenters. The lowest BCUT2D eigenvalue weighted by atomic mass is 10.1. The average molecular weight is 147 g/mol. The highest BCUT2D eigenvalue weighted by atomic mass is 16.3. The van der Waals surface area contributed by atoms with Gasteiger partial charge in [0.25, 0.3) is 0 Å². The molecule has 62 valence electrons. The van der Waals surface area contributed by atoms with Crippen molar-refractivity contribution >= 4 is 0 Å². The summed E-state index contributed by atoms with van der Waals surface area (Å²) in [5.74, 6) is 0. The Morgan fingerprint density at radius 1 is 1.50 bits per heavy atom. The molecule has 0 aliphatic heterocycles. The van der Waals surface area contributed by atoms with Crippen molar-refractivity contribution in [2.45, 2.75) is 19.4 Å². The second-order valence-electron chi connectivity index (χ2n) is 2.99. The normalized spacial score (nSPS) is 17.4. The van der Waals surface area contributed by atoms with Crippen molar-refractivity contribution in [1.82, 2.24) is 4.90 Å². The van der Waals surface area contributed by atoms with Gasteiger partial charge in [0, 0.05) is 6.54 Å². The molecule has 0 saturated heterocycles. The van der Waals surface area contributed by atoms with Crippen molar-refractivity contribution in [3.8, 4) is 0 Å². The Kier molecular flexibility index (Phi) is 3.86. The molecular formula is C7H17NO2. The van der Waals surface area contributed by atoms with Crippen molar-refractivity contribution in [2.75, 3.05) is 26.7 Å². The van der Waals surface area contributed by atoms with Crippen LogP contribution >= 0.6 is 0 Å². The molecule has 2 N–H and O–H groups in total. The van der Waals surface area contributed by atoms with E-state index in [4.69, 9.17) is 5.11 Å². The number of hydrogen-bond donors (Lipinski definition) is 2. The number of aliphatic hydroxyl groups is 2. The van der Waals surface area contributed by atoms with Gasteiger partial charge >= 0.3 is 0 Å². The van der Waals surface area contributed by atoms with Crippen LogP contribution in [0.25, 0.3) is 0 Å². The van der Waals surface area contributed by atoms with E-state index in [1.807, 2.05) is 18.9 Å². The molecule has 0 aromatic heterocycles. The second kappa shape index (κ2) is 3.91. The van der Waals surface area contributed by atoms with E-state index in [9.17, 15) is 5.11 Å². The fourth-order valence-corrected chi connectivity index (χ4v) is 0.743. The lowest BCUT2D eigenvalue weighted by Crippen LogP contribution is -2.41. The zero-order valence-electron chi connectivity index (χ0n) is 6.96. The average Bonchev–Trinajstić information content (AvgIpc) is 1.87. The van der Waals surface area contributed by atoms with E-state index < -0.39 is 5.60 Å². The van der Waals surface area contributed by atoms with Crippen LogP contribution in [0.15, 0.2) is 0 Å². The first-order valence-corrected chi connectivity index (χ1v) is 3.53. The molecule has 0 fully saturated rings. The molecule has 10 heavy (non-hydrogen) atoms. The Morgan fingerprint density at radius 3 is 2.30 bits per heavy atom. The molecule has 0 spiro atoms. The van der Waals surface area contributed by atoms with Crippen LogP contribution in [0, 0.1) is 0 Å². The molecule has 0 aromatic carbocycles. The monoisotopic (exact) mass is 147 g/mol. The molecule has 0 saturated carbocycles. The molecule has 0 amide bonds. The summed E-state index contributed by atoms with van der Waals surface area (Å²) in [5.41, 5.74) is -0.954. The molecule has 3 nitrogen and oxygen atoms in total. The molecule has 1 unspecified atom stereocenters. The smallest absolute Gasteiger partial charge is 0.0975 e. The zero-order valence-corrected chi connectivity index (χ0v) is 6.96. The quantitative estimate of drug-likeness (QED) is 0.573. The molecule has 0 aliphatic rings. The van der Waals surface area contributed by atoms with Gasteiger partial charge in [-0.1, -0.05) is 6.92 Å². The minimum atomic E-state index is -0.954. The topological polar surface area (TPSA) is 43.7 Å². The summed E-state index contributed by atoms with van der Waals surface area (Å²) >= 11 is 0. The van der Waals surface area contributed by atoms with Gasteiger partial charge < -0.3 is 15.1 Å². The van der Waals surface area contributed by atoms with Gasteiger partial charge in [0.15, 0.2) is 0 Å². The van der Waals surface area contributed by atoms with E-state index in [-0.39, 0.29) is 6.61 Å². The van der Waals surface area contributed by atoms with Gasteiger partial charge in [0.05, 0.1) is 12.2 Å². The molecule has 0 aromatic rings. The first-order chi connectivity index (χ1) is 4.52. The SMILES string of the molecule is CCN(C)CC(C)(O)CO. The maximum atomic E-state index is 9.33. The Morgan fingerprint density at radius 2 is 2.00 bits per heavy atom. The highest BCUT2D eigenvalue weighted by molar-refractivity contribution is 4.73. The van der Waals surface area contributed by atoms with Crippen LogP contribution in [0.4, 0.5) is 0 Å². The number of likely N-dealkylation sites (N-methyl/N-ethyl adjacent to an activating group) is 1. The van der Waals surface area contributed by atoms with Crippen molar-refractivity contribution in [3.63, 3.8) is 0 Å². The molecule has 0 radical (unpaired) electrons. The number of aliphatic hydroxyl groups excluding tert-OH is 1. The highest BCUT2D eigenvalue weighted by Gasteiger charge is 2.19. The molecular weight excluding hydrogens is 130 g/mol. The van der Waals surface area contributed by atoms with Gasteiger partial charge in [0.2, 0.25) is 0 Å². The lowest BCUT2D eigenvalue weighted by Gasteiger charge is -2.25. The number of rotatable bonds is 4. The maximum absolute atomic E-state index is 9.33. The second-order valence-corrected chi connectivity index (χ2v) is 2.99. The third-order valence-corrected chi connectivity index (χ3v) is 1.49. The summed E-state index contributed by atoms with van der Waals surface area (Å²) in [7, 11) is 1.91. The molecule has 0 bridgehead atoms. The minimum absolute atomic E-state index is 0.183. The Balaban J connectivity index is 3.64. The van der Waals surface area contributed by atoms with Gasteiger partial charge in [0.1, 0.15) is 0 Å². The van der Waals surface area contributed by atoms with E-state index in [1.54, 1.807) is 6.92 Å². The number of nitrogens with zero attached hydrogens (tertiary/aromatic N) is 1. The maximum Gasteiger partial charge on any atom is 0.0975 e. The first-order valence-electron chi connectivity index (χ1n) is 3.53. The fourth-order valence-electron chi connectivity index (χ4n) is 0.743. The van der Waals surface area contributed by atoms with E-state index in [2.05, 4.69) is 0 Å². The Bertz CT molecular complexity index is 93.6. The van der Waals surface area contributed by atoms with Crippen LogP contribution < -0.4 is 0 Å². The van der Waals surface area contributed by atoms with Crippen LogP contribution in [0.2, 0.25) is 0 Å². The summed E-state index contributed by atoms with van der Waals surface area (Å²) < 4.78 is 0. The van der Waals surface area contributed by atoms with Crippen molar-refractivity contribution in [2.24, 2.45) is 0 Å². The summed E-state index contributed by atoms with van der Waals surface area (Å²) in [6.07, 6.45) is 0. The van der Waals surface area contributed by atoms with E-state index in [0.717, 1.165) is 6.54 Å². The summed E-state index contributed by atoms with van der Waals surface area (Å²) in [4.78, 5) is 1.95. The van der Waals surface area contributed by atoms with Crippen molar-refractivity contribution in [3.05, 3.63) is 0 Å². The van der Waals surface area contributed by atoms with E-state index in [1.165, 1.54) is 0 Å². The lowest BCUT2D eigenvalue weighted by molar-refractivity contribution is -0.0196. The number of hydrogen-bond acceptors (Lipinski definition) is 3. The Hall–Kier alpha value is -0.120. The van der Waals surface area contributed by atoms with Gasteiger partial charge in [-0.2, -0.15) is 0 Å². The van der Waals surface area contributed by atoms with Crippen LogP contribution in [0.1, 0.15) is 13.8 Å². The van der Waals surface area contributed by atoms with Gasteiger partial charge in [-0.3, -0.25) is 0 Å². The third kappa shape index (κ3) is 3.82.